The Morgan fingerprint density at radius 3 is 2.48 bits per heavy atom. The SMILES string of the molecule is CC(C)Oc1ccc(/C=C2/SC(=O)N(c3cccc(Cl)c3)C2=O)cc1. The molecule has 6 heteroatoms. The second-order valence-electron chi connectivity index (χ2n) is 5.73. The molecule has 128 valence electrons. The Bertz CT molecular complexity index is 846. The summed E-state index contributed by atoms with van der Waals surface area (Å²) in [7, 11) is 0. The molecule has 0 aromatic heterocycles. The molecule has 2 aromatic carbocycles. The Balaban J connectivity index is 1.83. The maximum atomic E-state index is 12.6. The topological polar surface area (TPSA) is 46.6 Å². The van der Waals surface area contributed by atoms with E-state index < -0.39 is 0 Å². The summed E-state index contributed by atoms with van der Waals surface area (Å²) in [5.41, 5.74) is 1.30. The molecule has 1 aliphatic heterocycles. The third-order valence-corrected chi connectivity index (χ3v) is 4.51. The van der Waals surface area contributed by atoms with Crippen LogP contribution in [0.4, 0.5) is 10.5 Å². The van der Waals surface area contributed by atoms with Gasteiger partial charge >= 0.3 is 0 Å². The summed E-state index contributed by atoms with van der Waals surface area (Å²) >= 11 is 6.87. The lowest BCUT2D eigenvalue weighted by Crippen LogP contribution is -2.27. The number of carbonyl (C=O) groups is 2. The average molecular weight is 374 g/mol. The van der Waals surface area contributed by atoms with Gasteiger partial charge < -0.3 is 4.74 Å². The van der Waals surface area contributed by atoms with Crippen LogP contribution in [0.2, 0.25) is 5.02 Å². The maximum absolute atomic E-state index is 12.6. The van der Waals surface area contributed by atoms with Crippen molar-refractivity contribution >= 4 is 46.3 Å². The van der Waals surface area contributed by atoms with Crippen molar-refractivity contribution in [1.29, 1.82) is 0 Å². The molecule has 25 heavy (non-hydrogen) atoms. The first-order valence-electron chi connectivity index (χ1n) is 7.74. The number of thioether (sulfide) groups is 1. The lowest BCUT2D eigenvalue weighted by Gasteiger charge is -2.12. The number of ether oxygens (including phenoxy) is 1. The zero-order valence-electron chi connectivity index (χ0n) is 13.7. The Morgan fingerprint density at radius 1 is 1.12 bits per heavy atom. The predicted octanol–water partition coefficient (Wildman–Crippen LogP) is 5.37. The number of carbonyl (C=O) groups excluding carboxylic acids is 2. The van der Waals surface area contributed by atoms with E-state index in [1.54, 1.807) is 30.3 Å². The third kappa shape index (κ3) is 4.06. The highest BCUT2D eigenvalue weighted by Crippen LogP contribution is 2.36. The lowest BCUT2D eigenvalue weighted by molar-refractivity contribution is -0.113. The van der Waals surface area contributed by atoms with Crippen LogP contribution >= 0.6 is 23.4 Å². The van der Waals surface area contributed by atoms with Crippen molar-refractivity contribution in [2.24, 2.45) is 0 Å². The van der Waals surface area contributed by atoms with E-state index in [1.807, 2.05) is 38.1 Å². The molecule has 1 heterocycles. The molecule has 1 aliphatic rings. The second kappa shape index (κ2) is 7.33. The normalized spacial score (nSPS) is 16.2. The Labute approximate surface area is 155 Å². The molecule has 0 saturated carbocycles. The number of imide groups is 1. The fraction of sp³-hybridized carbons (Fsp3) is 0.158. The van der Waals surface area contributed by atoms with Gasteiger partial charge in [-0.05, 0) is 67.6 Å². The fourth-order valence-corrected chi connectivity index (χ4v) is 3.40. The number of anilines is 1. The highest BCUT2D eigenvalue weighted by Gasteiger charge is 2.36. The number of hydrogen-bond donors (Lipinski definition) is 0. The van der Waals surface area contributed by atoms with E-state index in [-0.39, 0.29) is 17.3 Å². The van der Waals surface area contributed by atoms with Crippen LogP contribution in [0.1, 0.15) is 19.4 Å². The average Bonchev–Trinajstić information content (AvgIpc) is 2.83. The lowest BCUT2D eigenvalue weighted by atomic mass is 10.2. The molecular formula is C19H16ClNO3S. The molecule has 1 fully saturated rings. The smallest absolute Gasteiger partial charge is 0.298 e. The van der Waals surface area contributed by atoms with Crippen molar-refractivity contribution in [3.05, 3.63) is 64.0 Å². The molecule has 2 amide bonds. The van der Waals surface area contributed by atoms with Gasteiger partial charge in [-0.1, -0.05) is 29.8 Å². The monoisotopic (exact) mass is 373 g/mol. The van der Waals surface area contributed by atoms with Gasteiger partial charge in [0.2, 0.25) is 0 Å². The van der Waals surface area contributed by atoms with Gasteiger partial charge in [0.1, 0.15) is 5.75 Å². The van der Waals surface area contributed by atoms with E-state index in [1.165, 1.54) is 0 Å². The number of halogens is 1. The molecule has 4 nitrogen and oxygen atoms in total. The highest BCUT2D eigenvalue weighted by atomic mass is 35.5. The van der Waals surface area contributed by atoms with E-state index in [0.29, 0.717) is 15.6 Å². The van der Waals surface area contributed by atoms with Gasteiger partial charge in [0.15, 0.2) is 0 Å². The summed E-state index contributed by atoms with van der Waals surface area (Å²) in [5, 5.41) is 0.138. The zero-order valence-corrected chi connectivity index (χ0v) is 15.3. The largest absolute Gasteiger partial charge is 0.491 e. The van der Waals surface area contributed by atoms with Gasteiger partial charge in [0, 0.05) is 5.02 Å². The molecule has 0 radical (unpaired) electrons. The quantitative estimate of drug-likeness (QED) is 0.676. The molecule has 0 atom stereocenters. The summed E-state index contributed by atoms with van der Waals surface area (Å²) < 4.78 is 5.60. The first kappa shape index (κ1) is 17.6. The third-order valence-electron chi connectivity index (χ3n) is 3.41. The second-order valence-corrected chi connectivity index (χ2v) is 7.16. The molecule has 0 bridgehead atoms. The van der Waals surface area contributed by atoms with Crippen molar-refractivity contribution in [1.82, 2.24) is 0 Å². The van der Waals surface area contributed by atoms with Crippen LogP contribution in [0.5, 0.6) is 5.75 Å². The fourth-order valence-electron chi connectivity index (χ4n) is 2.37. The molecule has 0 aliphatic carbocycles. The minimum Gasteiger partial charge on any atom is -0.491 e. The van der Waals surface area contributed by atoms with E-state index in [2.05, 4.69) is 0 Å². The standard InChI is InChI=1S/C19H16ClNO3S/c1-12(2)24-16-8-6-13(7-9-16)10-17-18(22)21(19(23)25-17)15-5-3-4-14(20)11-15/h3-12H,1-2H3/b17-10+. The van der Waals surface area contributed by atoms with E-state index in [4.69, 9.17) is 16.3 Å². The van der Waals surface area contributed by atoms with Crippen LogP contribution in [0.3, 0.4) is 0 Å². The summed E-state index contributed by atoms with van der Waals surface area (Å²) in [6, 6.07) is 14.1. The van der Waals surface area contributed by atoms with Crippen molar-refractivity contribution in [3.63, 3.8) is 0 Å². The number of rotatable bonds is 4. The minimum atomic E-state index is -0.347. The van der Waals surface area contributed by atoms with E-state index in [0.717, 1.165) is 28.0 Å². The molecule has 3 rings (SSSR count). The summed E-state index contributed by atoms with van der Waals surface area (Å²) in [5.74, 6) is 0.416. The molecule has 1 saturated heterocycles. The Kier molecular flexibility index (Phi) is 5.16. The van der Waals surface area contributed by atoms with E-state index in [9.17, 15) is 9.59 Å². The number of benzene rings is 2. The van der Waals surface area contributed by atoms with Crippen LogP contribution in [-0.2, 0) is 4.79 Å². The molecular weight excluding hydrogens is 358 g/mol. The first-order chi connectivity index (χ1) is 11.9. The molecule has 2 aromatic rings. The van der Waals surface area contributed by atoms with Gasteiger partial charge in [-0.25, -0.2) is 4.90 Å². The van der Waals surface area contributed by atoms with Gasteiger partial charge in [0.25, 0.3) is 11.1 Å². The maximum Gasteiger partial charge on any atom is 0.298 e. The van der Waals surface area contributed by atoms with Crippen molar-refractivity contribution in [2.45, 2.75) is 20.0 Å². The van der Waals surface area contributed by atoms with Crippen molar-refractivity contribution < 1.29 is 14.3 Å². The molecule has 0 spiro atoms. The van der Waals surface area contributed by atoms with Crippen LogP contribution < -0.4 is 9.64 Å². The zero-order chi connectivity index (χ0) is 18.0. The van der Waals surface area contributed by atoms with Crippen LogP contribution in [0.15, 0.2) is 53.4 Å². The van der Waals surface area contributed by atoms with Crippen LogP contribution in [-0.4, -0.2) is 17.3 Å². The summed E-state index contributed by atoms with van der Waals surface area (Å²) in [6.07, 6.45) is 1.80. The van der Waals surface area contributed by atoms with Gasteiger partial charge in [-0.2, -0.15) is 0 Å². The molecule has 0 unspecified atom stereocenters. The predicted molar refractivity (Wildman–Crippen MR) is 102 cm³/mol. The Hall–Kier alpha value is -2.24. The summed E-state index contributed by atoms with van der Waals surface area (Å²) in [6.45, 7) is 3.92. The van der Waals surface area contributed by atoms with Crippen LogP contribution in [0.25, 0.3) is 6.08 Å². The van der Waals surface area contributed by atoms with Crippen molar-refractivity contribution in [2.75, 3.05) is 4.90 Å². The number of nitrogens with zero attached hydrogens (tertiary/aromatic N) is 1. The van der Waals surface area contributed by atoms with Crippen LogP contribution in [0, 0.1) is 0 Å². The Morgan fingerprint density at radius 2 is 1.84 bits per heavy atom. The number of amides is 2. The van der Waals surface area contributed by atoms with Gasteiger partial charge in [-0.3, -0.25) is 9.59 Å². The van der Waals surface area contributed by atoms with Gasteiger partial charge in [-0.15, -0.1) is 0 Å². The van der Waals surface area contributed by atoms with E-state index >= 15 is 0 Å². The highest BCUT2D eigenvalue weighted by molar-refractivity contribution is 8.19. The first-order valence-corrected chi connectivity index (χ1v) is 8.94. The number of hydrogen-bond acceptors (Lipinski definition) is 4. The van der Waals surface area contributed by atoms with Crippen molar-refractivity contribution in [3.8, 4) is 5.75 Å². The molecule has 0 N–H and O–H groups in total. The summed E-state index contributed by atoms with van der Waals surface area (Å²) in [4.78, 5) is 26.3. The minimum absolute atomic E-state index is 0.0973. The van der Waals surface area contributed by atoms with Gasteiger partial charge in [0.05, 0.1) is 16.7 Å².